The van der Waals surface area contributed by atoms with Crippen LogP contribution in [0.2, 0.25) is 5.02 Å². The summed E-state index contributed by atoms with van der Waals surface area (Å²) in [5.41, 5.74) is 0.223. The molecule has 1 heterocycles. The van der Waals surface area contributed by atoms with Gasteiger partial charge in [-0.2, -0.15) is 0 Å². The van der Waals surface area contributed by atoms with Crippen molar-refractivity contribution >= 4 is 23.5 Å². The molecule has 0 aromatic heterocycles. The Bertz CT molecular complexity index is 635. The van der Waals surface area contributed by atoms with Crippen LogP contribution in [-0.2, 0) is 9.53 Å². The first-order chi connectivity index (χ1) is 11.8. The molecule has 0 bridgehead atoms. The molecule has 0 saturated carbocycles. The number of hydrogen-bond acceptors (Lipinski definition) is 5. The molecule has 0 spiro atoms. The second kappa shape index (κ2) is 8.43. The number of carbonyl (C=O) groups excluding carboxylic acids is 2. The highest BCUT2D eigenvalue weighted by Crippen LogP contribution is 2.39. The molecule has 7 heteroatoms. The Hall–Kier alpha value is -1.95. The SMILES string of the molecule is CC(C)CN(CC(C)C)C(=O)COC(=O)c1cc(Cl)c2c(c1)OCO2. The van der Waals surface area contributed by atoms with E-state index in [1.165, 1.54) is 12.1 Å². The summed E-state index contributed by atoms with van der Waals surface area (Å²) in [6.45, 7) is 9.19. The molecule has 6 nitrogen and oxygen atoms in total. The quantitative estimate of drug-likeness (QED) is 0.689. The molecule has 25 heavy (non-hydrogen) atoms. The molecule has 0 atom stereocenters. The number of ether oxygens (including phenoxy) is 3. The average molecular weight is 370 g/mol. The van der Waals surface area contributed by atoms with Gasteiger partial charge < -0.3 is 19.1 Å². The zero-order valence-electron chi connectivity index (χ0n) is 15.0. The van der Waals surface area contributed by atoms with Gasteiger partial charge in [-0.1, -0.05) is 39.3 Å². The molecule has 0 fully saturated rings. The van der Waals surface area contributed by atoms with Gasteiger partial charge in [0.25, 0.3) is 5.91 Å². The number of halogens is 1. The maximum Gasteiger partial charge on any atom is 0.338 e. The highest BCUT2D eigenvalue weighted by molar-refractivity contribution is 6.32. The van der Waals surface area contributed by atoms with Crippen molar-refractivity contribution in [2.45, 2.75) is 27.7 Å². The van der Waals surface area contributed by atoms with Crippen LogP contribution in [-0.4, -0.2) is 43.3 Å². The predicted octanol–water partition coefficient (Wildman–Crippen LogP) is 3.37. The minimum absolute atomic E-state index is 0.0609. The maximum atomic E-state index is 12.4. The molecule has 1 aromatic carbocycles. The second-order valence-electron chi connectivity index (χ2n) is 6.85. The molecular weight excluding hydrogens is 346 g/mol. The van der Waals surface area contributed by atoms with Gasteiger partial charge in [0.05, 0.1) is 10.6 Å². The first-order valence-corrected chi connectivity index (χ1v) is 8.69. The zero-order chi connectivity index (χ0) is 18.6. The third-order valence-corrected chi connectivity index (χ3v) is 3.79. The van der Waals surface area contributed by atoms with Crippen LogP contribution in [0.4, 0.5) is 0 Å². The van der Waals surface area contributed by atoms with E-state index in [2.05, 4.69) is 0 Å². The van der Waals surface area contributed by atoms with E-state index in [-0.39, 0.29) is 29.9 Å². The molecule has 0 saturated heterocycles. The van der Waals surface area contributed by atoms with Crippen molar-refractivity contribution in [3.8, 4) is 11.5 Å². The minimum Gasteiger partial charge on any atom is -0.454 e. The summed E-state index contributed by atoms with van der Waals surface area (Å²) in [4.78, 5) is 26.3. The summed E-state index contributed by atoms with van der Waals surface area (Å²) < 4.78 is 15.6. The summed E-state index contributed by atoms with van der Waals surface area (Å²) in [6, 6.07) is 2.95. The van der Waals surface area contributed by atoms with Gasteiger partial charge in [-0.05, 0) is 24.0 Å². The molecule has 1 aliphatic rings. The van der Waals surface area contributed by atoms with E-state index >= 15 is 0 Å². The van der Waals surface area contributed by atoms with E-state index in [0.717, 1.165) is 0 Å². The highest BCUT2D eigenvalue weighted by atomic mass is 35.5. The second-order valence-corrected chi connectivity index (χ2v) is 7.26. The Labute approximate surface area is 153 Å². The maximum absolute atomic E-state index is 12.4. The van der Waals surface area contributed by atoms with Crippen LogP contribution in [0.3, 0.4) is 0 Å². The van der Waals surface area contributed by atoms with E-state index in [1.54, 1.807) is 4.90 Å². The Morgan fingerprint density at radius 1 is 1.16 bits per heavy atom. The fourth-order valence-corrected chi connectivity index (χ4v) is 2.81. The van der Waals surface area contributed by atoms with Crippen LogP contribution in [0.15, 0.2) is 12.1 Å². The fourth-order valence-electron chi connectivity index (χ4n) is 2.55. The van der Waals surface area contributed by atoms with Gasteiger partial charge in [0.2, 0.25) is 6.79 Å². The first kappa shape index (κ1) is 19.4. The van der Waals surface area contributed by atoms with Gasteiger partial charge in [0.15, 0.2) is 18.1 Å². The smallest absolute Gasteiger partial charge is 0.338 e. The topological polar surface area (TPSA) is 65.1 Å². The molecule has 0 unspecified atom stereocenters. The molecule has 2 rings (SSSR count). The molecule has 0 aliphatic carbocycles. The van der Waals surface area contributed by atoms with Crippen LogP contribution in [0.5, 0.6) is 11.5 Å². The number of fused-ring (bicyclic) bond motifs is 1. The molecular formula is C18H24ClNO5. The standard InChI is InChI=1S/C18H24ClNO5/c1-11(2)7-20(8-12(3)4)16(21)9-23-18(22)13-5-14(19)17-15(6-13)24-10-25-17/h5-6,11-12H,7-10H2,1-4H3. The van der Waals surface area contributed by atoms with Crippen molar-refractivity contribution < 1.29 is 23.8 Å². The van der Waals surface area contributed by atoms with Crippen molar-refractivity contribution in [2.24, 2.45) is 11.8 Å². The van der Waals surface area contributed by atoms with Gasteiger partial charge >= 0.3 is 5.97 Å². The number of rotatable bonds is 7. The van der Waals surface area contributed by atoms with Crippen molar-refractivity contribution in [3.05, 3.63) is 22.7 Å². The van der Waals surface area contributed by atoms with Crippen molar-refractivity contribution in [1.29, 1.82) is 0 Å². The summed E-state index contributed by atoms with van der Waals surface area (Å²) >= 11 is 6.06. The summed E-state index contributed by atoms with van der Waals surface area (Å²) in [5, 5.41) is 0.273. The van der Waals surface area contributed by atoms with Gasteiger partial charge in [0.1, 0.15) is 0 Å². The summed E-state index contributed by atoms with van der Waals surface area (Å²) in [6.07, 6.45) is 0. The lowest BCUT2D eigenvalue weighted by Crippen LogP contribution is -2.39. The molecule has 1 aliphatic heterocycles. The number of benzene rings is 1. The fraction of sp³-hybridized carbons (Fsp3) is 0.556. The van der Waals surface area contributed by atoms with E-state index in [4.69, 9.17) is 25.8 Å². The Morgan fingerprint density at radius 3 is 2.40 bits per heavy atom. The molecule has 0 N–H and O–H groups in total. The minimum atomic E-state index is -0.623. The largest absolute Gasteiger partial charge is 0.454 e. The lowest BCUT2D eigenvalue weighted by atomic mass is 10.1. The van der Waals surface area contributed by atoms with Crippen LogP contribution in [0.1, 0.15) is 38.1 Å². The van der Waals surface area contributed by atoms with Gasteiger partial charge in [-0.25, -0.2) is 4.79 Å². The molecule has 1 aromatic rings. The predicted molar refractivity (Wildman–Crippen MR) is 94.1 cm³/mol. The van der Waals surface area contributed by atoms with E-state index in [0.29, 0.717) is 36.4 Å². The summed E-state index contributed by atoms with van der Waals surface area (Å²) in [7, 11) is 0. The third kappa shape index (κ3) is 5.26. The number of nitrogens with zero attached hydrogens (tertiary/aromatic N) is 1. The van der Waals surface area contributed by atoms with E-state index in [9.17, 15) is 9.59 Å². The lowest BCUT2D eigenvalue weighted by Gasteiger charge is -2.26. The van der Waals surface area contributed by atoms with Crippen LogP contribution in [0.25, 0.3) is 0 Å². The first-order valence-electron chi connectivity index (χ1n) is 8.32. The van der Waals surface area contributed by atoms with E-state index in [1.807, 2.05) is 27.7 Å². The summed E-state index contributed by atoms with van der Waals surface area (Å²) in [5.74, 6) is 0.656. The van der Waals surface area contributed by atoms with Gasteiger partial charge in [0, 0.05) is 13.1 Å². The van der Waals surface area contributed by atoms with Crippen LogP contribution < -0.4 is 9.47 Å². The Kier molecular flexibility index (Phi) is 6.53. The normalized spacial score (nSPS) is 12.6. The van der Waals surface area contributed by atoms with Crippen molar-refractivity contribution in [1.82, 2.24) is 4.90 Å². The monoisotopic (exact) mass is 369 g/mol. The number of hydrogen-bond donors (Lipinski definition) is 0. The molecule has 0 radical (unpaired) electrons. The van der Waals surface area contributed by atoms with Gasteiger partial charge in [-0.3, -0.25) is 4.79 Å². The lowest BCUT2D eigenvalue weighted by molar-refractivity contribution is -0.135. The van der Waals surface area contributed by atoms with Crippen molar-refractivity contribution in [2.75, 3.05) is 26.5 Å². The van der Waals surface area contributed by atoms with Crippen molar-refractivity contribution in [3.63, 3.8) is 0 Å². The number of carbonyl (C=O) groups is 2. The molecule has 1 amide bonds. The Morgan fingerprint density at radius 2 is 1.80 bits per heavy atom. The average Bonchev–Trinajstić information content (AvgIpc) is 2.99. The van der Waals surface area contributed by atoms with E-state index < -0.39 is 5.97 Å². The number of amides is 1. The van der Waals surface area contributed by atoms with Crippen LogP contribution >= 0.6 is 11.6 Å². The highest BCUT2D eigenvalue weighted by Gasteiger charge is 2.23. The van der Waals surface area contributed by atoms with Crippen LogP contribution in [0, 0.1) is 11.8 Å². The van der Waals surface area contributed by atoms with Gasteiger partial charge in [-0.15, -0.1) is 0 Å². The number of esters is 1. The molecule has 138 valence electrons. The zero-order valence-corrected chi connectivity index (χ0v) is 15.8. The Balaban J connectivity index is 1.98. The third-order valence-electron chi connectivity index (χ3n) is 3.51.